The average Bonchev–Trinajstić information content (AvgIpc) is 2.12. The predicted octanol–water partition coefficient (Wildman–Crippen LogP) is 0.801. The Morgan fingerprint density at radius 3 is 2.38 bits per heavy atom. The van der Waals surface area contributed by atoms with Crippen molar-refractivity contribution in [1.82, 2.24) is 4.90 Å². The minimum atomic E-state index is -0.382. The second-order valence-corrected chi connectivity index (χ2v) is 3.08. The molecule has 0 aromatic carbocycles. The number of rotatable bonds is 6. The summed E-state index contributed by atoms with van der Waals surface area (Å²) in [7, 11) is 0. The second-order valence-electron chi connectivity index (χ2n) is 3.08. The number of carbonyl (C=O) groups is 1. The van der Waals surface area contributed by atoms with Crippen LogP contribution < -0.4 is 5.73 Å². The van der Waals surface area contributed by atoms with E-state index in [9.17, 15) is 4.79 Å². The molecule has 13 heavy (non-hydrogen) atoms. The molecule has 0 saturated heterocycles. The Kier molecular flexibility index (Phi) is 6.45. The molecule has 2 N–H and O–H groups in total. The zero-order valence-corrected chi connectivity index (χ0v) is 8.79. The molecule has 0 aliphatic heterocycles. The highest BCUT2D eigenvalue weighted by molar-refractivity contribution is 5.93. The molecular formula is C10H20N2O. The van der Waals surface area contributed by atoms with E-state index in [1.54, 1.807) is 13.0 Å². The fraction of sp³-hybridized carbons (Fsp3) is 0.700. The van der Waals surface area contributed by atoms with Gasteiger partial charge in [0.15, 0.2) is 5.78 Å². The maximum atomic E-state index is 11.1. The van der Waals surface area contributed by atoms with Gasteiger partial charge in [-0.05, 0) is 26.1 Å². The summed E-state index contributed by atoms with van der Waals surface area (Å²) >= 11 is 0. The van der Waals surface area contributed by atoms with Gasteiger partial charge in [-0.25, -0.2) is 0 Å². The lowest BCUT2D eigenvalue weighted by molar-refractivity contribution is -0.115. The molecule has 0 saturated carbocycles. The molecule has 0 heterocycles. The van der Waals surface area contributed by atoms with Crippen molar-refractivity contribution in [3.05, 3.63) is 12.2 Å². The lowest BCUT2D eigenvalue weighted by Crippen LogP contribution is -2.26. The van der Waals surface area contributed by atoms with Crippen LogP contribution >= 0.6 is 0 Å². The molecule has 3 heteroatoms. The molecule has 0 bridgehead atoms. The van der Waals surface area contributed by atoms with Crippen LogP contribution in [0.4, 0.5) is 0 Å². The molecule has 1 atom stereocenters. The smallest absolute Gasteiger partial charge is 0.171 e. The Balaban J connectivity index is 3.79. The number of hydrogen-bond acceptors (Lipinski definition) is 3. The number of likely N-dealkylation sites (N-methyl/N-ethyl adjacent to an activating group) is 1. The third-order valence-electron chi connectivity index (χ3n) is 1.99. The zero-order valence-electron chi connectivity index (χ0n) is 8.79. The van der Waals surface area contributed by atoms with Crippen molar-refractivity contribution in [3.8, 4) is 0 Å². The first-order chi connectivity index (χ1) is 6.11. The monoisotopic (exact) mass is 184 g/mol. The zero-order chi connectivity index (χ0) is 10.3. The normalized spacial score (nSPS) is 13.9. The van der Waals surface area contributed by atoms with Gasteiger partial charge in [0.1, 0.15) is 0 Å². The first-order valence-corrected chi connectivity index (χ1v) is 4.80. The third kappa shape index (κ3) is 5.55. The van der Waals surface area contributed by atoms with Crippen molar-refractivity contribution in [3.63, 3.8) is 0 Å². The molecule has 0 aliphatic carbocycles. The Hall–Kier alpha value is -0.670. The van der Waals surface area contributed by atoms with E-state index in [0.717, 1.165) is 19.6 Å². The molecule has 0 aromatic heterocycles. The number of nitrogens with zero attached hydrogens (tertiary/aromatic N) is 1. The SMILES string of the molecule is CCN(CC)C/C=C/C(=O)C(C)N. The van der Waals surface area contributed by atoms with Crippen molar-refractivity contribution in [1.29, 1.82) is 0 Å². The van der Waals surface area contributed by atoms with E-state index in [1.165, 1.54) is 0 Å². The van der Waals surface area contributed by atoms with Crippen LogP contribution in [-0.4, -0.2) is 36.4 Å². The topological polar surface area (TPSA) is 46.3 Å². The number of hydrogen-bond donors (Lipinski definition) is 1. The van der Waals surface area contributed by atoms with Gasteiger partial charge in [0.2, 0.25) is 0 Å². The maximum Gasteiger partial charge on any atom is 0.171 e. The van der Waals surface area contributed by atoms with E-state index in [4.69, 9.17) is 5.73 Å². The Bertz CT molecular complexity index is 172. The van der Waals surface area contributed by atoms with Gasteiger partial charge in [0.05, 0.1) is 6.04 Å². The minimum Gasteiger partial charge on any atom is -0.321 e. The largest absolute Gasteiger partial charge is 0.321 e. The van der Waals surface area contributed by atoms with Crippen LogP contribution in [0, 0.1) is 0 Å². The van der Waals surface area contributed by atoms with Crippen LogP contribution in [0.1, 0.15) is 20.8 Å². The van der Waals surface area contributed by atoms with Crippen molar-refractivity contribution >= 4 is 5.78 Å². The molecule has 0 aliphatic rings. The summed E-state index contributed by atoms with van der Waals surface area (Å²) in [5.41, 5.74) is 5.40. The fourth-order valence-corrected chi connectivity index (χ4v) is 0.952. The van der Waals surface area contributed by atoms with Gasteiger partial charge in [-0.2, -0.15) is 0 Å². The highest BCUT2D eigenvalue weighted by Crippen LogP contribution is 1.89. The van der Waals surface area contributed by atoms with Crippen molar-refractivity contribution in [2.24, 2.45) is 5.73 Å². The van der Waals surface area contributed by atoms with Gasteiger partial charge >= 0.3 is 0 Å². The first-order valence-electron chi connectivity index (χ1n) is 4.80. The molecular weight excluding hydrogens is 164 g/mol. The Morgan fingerprint density at radius 2 is 2.00 bits per heavy atom. The van der Waals surface area contributed by atoms with E-state index in [1.807, 2.05) is 6.08 Å². The average molecular weight is 184 g/mol. The van der Waals surface area contributed by atoms with Gasteiger partial charge in [-0.1, -0.05) is 19.9 Å². The molecule has 3 nitrogen and oxygen atoms in total. The second kappa shape index (κ2) is 6.80. The predicted molar refractivity (Wildman–Crippen MR) is 55.6 cm³/mol. The fourth-order valence-electron chi connectivity index (χ4n) is 0.952. The minimum absolute atomic E-state index is 0.00726. The Labute approximate surface area is 80.6 Å². The van der Waals surface area contributed by atoms with Crippen molar-refractivity contribution in [2.75, 3.05) is 19.6 Å². The highest BCUT2D eigenvalue weighted by Gasteiger charge is 2.01. The molecule has 0 aromatic rings. The lowest BCUT2D eigenvalue weighted by Gasteiger charge is -2.14. The molecule has 1 unspecified atom stereocenters. The summed E-state index contributed by atoms with van der Waals surface area (Å²) in [6.45, 7) is 8.74. The summed E-state index contributed by atoms with van der Waals surface area (Å²) < 4.78 is 0. The Morgan fingerprint density at radius 1 is 1.46 bits per heavy atom. The van der Waals surface area contributed by atoms with Crippen LogP contribution in [0.2, 0.25) is 0 Å². The number of carbonyl (C=O) groups excluding carboxylic acids is 1. The summed E-state index contributed by atoms with van der Waals surface area (Å²) in [5, 5.41) is 0. The maximum absolute atomic E-state index is 11.1. The van der Waals surface area contributed by atoms with Crippen LogP contribution in [0.15, 0.2) is 12.2 Å². The van der Waals surface area contributed by atoms with Crippen LogP contribution in [0.3, 0.4) is 0 Å². The lowest BCUT2D eigenvalue weighted by atomic mass is 10.2. The summed E-state index contributed by atoms with van der Waals surface area (Å²) in [6.07, 6.45) is 3.45. The van der Waals surface area contributed by atoms with Gasteiger partial charge in [0, 0.05) is 6.54 Å². The quantitative estimate of drug-likeness (QED) is 0.621. The van der Waals surface area contributed by atoms with Crippen molar-refractivity contribution in [2.45, 2.75) is 26.8 Å². The molecule has 0 spiro atoms. The molecule has 76 valence electrons. The summed E-state index contributed by atoms with van der Waals surface area (Å²) in [4.78, 5) is 13.3. The van der Waals surface area contributed by atoms with Gasteiger partial charge in [-0.3, -0.25) is 4.79 Å². The van der Waals surface area contributed by atoms with Crippen molar-refractivity contribution < 1.29 is 4.79 Å². The summed E-state index contributed by atoms with van der Waals surface area (Å²) in [6, 6.07) is -0.382. The highest BCUT2D eigenvalue weighted by atomic mass is 16.1. The standard InChI is InChI=1S/C10H20N2O/c1-4-12(5-2)8-6-7-10(13)9(3)11/h6-7,9H,4-5,8,11H2,1-3H3/b7-6+. The first kappa shape index (κ1) is 12.3. The van der Waals surface area contributed by atoms with E-state index < -0.39 is 0 Å². The molecule has 0 fully saturated rings. The van der Waals surface area contributed by atoms with E-state index >= 15 is 0 Å². The molecule has 0 radical (unpaired) electrons. The molecule has 0 rings (SSSR count). The van der Waals surface area contributed by atoms with Gasteiger partial charge < -0.3 is 10.6 Å². The summed E-state index contributed by atoms with van der Waals surface area (Å²) in [5.74, 6) is -0.00726. The van der Waals surface area contributed by atoms with Crippen LogP contribution in [-0.2, 0) is 4.79 Å². The van der Waals surface area contributed by atoms with E-state index in [2.05, 4.69) is 18.7 Å². The molecule has 0 amide bonds. The van der Waals surface area contributed by atoms with E-state index in [-0.39, 0.29) is 11.8 Å². The van der Waals surface area contributed by atoms with E-state index in [0.29, 0.717) is 0 Å². The van der Waals surface area contributed by atoms with Gasteiger partial charge in [-0.15, -0.1) is 0 Å². The number of ketones is 1. The van der Waals surface area contributed by atoms with Crippen LogP contribution in [0.5, 0.6) is 0 Å². The van der Waals surface area contributed by atoms with Gasteiger partial charge in [0.25, 0.3) is 0 Å². The third-order valence-corrected chi connectivity index (χ3v) is 1.99. The van der Waals surface area contributed by atoms with Crippen LogP contribution in [0.25, 0.3) is 0 Å². The number of nitrogens with two attached hydrogens (primary N) is 1.